The number of hydrogen-bond acceptors (Lipinski definition) is 4. The molecule has 0 aliphatic rings. The zero-order chi connectivity index (χ0) is 20.9. The lowest BCUT2D eigenvalue weighted by molar-refractivity contribution is 0.102. The molecule has 1 aromatic heterocycles. The third-order valence-electron chi connectivity index (χ3n) is 4.60. The van der Waals surface area contributed by atoms with Crippen LogP contribution < -0.4 is 10.6 Å². The standard InChI is InChI=1S/C25H22N4O/c1-17-6-3-8-19(14-17)24-26-13-12-23(29-24)27-22-11-5-9-20(16-22)25(30)28-21-10-4-7-18(2)15-21/h3-16H,1-2H3,(H,28,30)(H,26,27,29). The van der Waals surface area contributed by atoms with Gasteiger partial charge in [0.25, 0.3) is 5.91 Å². The van der Waals surface area contributed by atoms with Crippen molar-refractivity contribution in [1.29, 1.82) is 0 Å². The van der Waals surface area contributed by atoms with Crippen LogP contribution in [0, 0.1) is 13.8 Å². The average Bonchev–Trinajstić information content (AvgIpc) is 2.74. The van der Waals surface area contributed by atoms with Crippen LogP contribution in [-0.2, 0) is 0 Å². The Morgan fingerprint density at radius 1 is 0.800 bits per heavy atom. The Morgan fingerprint density at radius 2 is 1.53 bits per heavy atom. The Kier molecular flexibility index (Phi) is 5.52. The molecule has 0 bridgehead atoms. The molecule has 0 saturated carbocycles. The van der Waals surface area contributed by atoms with Gasteiger partial charge in [-0.05, 0) is 61.9 Å². The molecule has 4 aromatic rings. The summed E-state index contributed by atoms with van der Waals surface area (Å²) in [6, 6.07) is 24.9. The second-order valence-electron chi connectivity index (χ2n) is 7.16. The highest BCUT2D eigenvalue weighted by Crippen LogP contribution is 2.21. The van der Waals surface area contributed by atoms with Gasteiger partial charge in [-0.3, -0.25) is 4.79 Å². The van der Waals surface area contributed by atoms with Crippen molar-refractivity contribution in [1.82, 2.24) is 9.97 Å². The van der Waals surface area contributed by atoms with Crippen LogP contribution in [0.4, 0.5) is 17.2 Å². The van der Waals surface area contributed by atoms with Crippen molar-refractivity contribution in [3.05, 3.63) is 102 Å². The van der Waals surface area contributed by atoms with Crippen molar-refractivity contribution in [3.8, 4) is 11.4 Å². The van der Waals surface area contributed by atoms with Crippen molar-refractivity contribution >= 4 is 23.1 Å². The molecule has 3 aromatic carbocycles. The third kappa shape index (κ3) is 4.70. The molecule has 5 heteroatoms. The molecule has 0 atom stereocenters. The largest absolute Gasteiger partial charge is 0.340 e. The predicted octanol–water partition coefficient (Wildman–Crippen LogP) is 5.76. The van der Waals surface area contributed by atoms with E-state index in [2.05, 4.69) is 26.7 Å². The lowest BCUT2D eigenvalue weighted by atomic mass is 10.1. The van der Waals surface area contributed by atoms with Gasteiger partial charge in [-0.2, -0.15) is 0 Å². The van der Waals surface area contributed by atoms with Crippen molar-refractivity contribution in [2.45, 2.75) is 13.8 Å². The minimum Gasteiger partial charge on any atom is -0.340 e. The number of aryl methyl sites for hydroxylation is 2. The molecule has 0 fully saturated rings. The lowest BCUT2D eigenvalue weighted by Crippen LogP contribution is -2.12. The fraction of sp³-hybridized carbons (Fsp3) is 0.0800. The normalized spacial score (nSPS) is 10.5. The number of hydrogen-bond donors (Lipinski definition) is 2. The molecule has 0 unspecified atom stereocenters. The quantitative estimate of drug-likeness (QED) is 0.452. The van der Waals surface area contributed by atoms with E-state index in [0.29, 0.717) is 17.2 Å². The van der Waals surface area contributed by atoms with E-state index in [1.807, 2.05) is 68.4 Å². The summed E-state index contributed by atoms with van der Waals surface area (Å²) < 4.78 is 0. The van der Waals surface area contributed by atoms with Crippen molar-refractivity contribution in [2.24, 2.45) is 0 Å². The zero-order valence-corrected chi connectivity index (χ0v) is 16.9. The summed E-state index contributed by atoms with van der Waals surface area (Å²) in [6.45, 7) is 4.03. The van der Waals surface area contributed by atoms with Gasteiger partial charge in [0.1, 0.15) is 5.82 Å². The number of amides is 1. The fourth-order valence-electron chi connectivity index (χ4n) is 3.16. The number of aromatic nitrogens is 2. The van der Waals surface area contributed by atoms with Crippen LogP contribution in [-0.4, -0.2) is 15.9 Å². The molecule has 2 N–H and O–H groups in total. The monoisotopic (exact) mass is 394 g/mol. The minimum absolute atomic E-state index is 0.160. The first-order chi connectivity index (χ1) is 14.6. The third-order valence-corrected chi connectivity index (χ3v) is 4.60. The Morgan fingerprint density at radius 3 is 2.33 bits per heavy atom. The topological polar surface area (TPSA) is 66.9 Å². The second-order valence-corrected chi connectivity index (χ2v) is 7.16. The smallest absolute Gasteiger partial charge is 0.255 e. The van der Waals surface area contributed by atoms with E-state index in [1.54, 1.807) is 24.4 Å². The number of carbonyl (C=O) groups is 1. The number of rotatable bonds is 5. The fourth-order valence-corrected chi connectivity index (χ4v) is 3.16. The Hall–Kier alpha value is -3.99. The Bertz CT molecular complexity index is 1200. The molecule has 30 heavy (non-hydrogen) atoms. The summed E-state index contributed by atoms with van der Waals surface area (Å²) in [5.74, 6) is 1.15. The zero-order valence-electron chi connectivity index (χ0n) is 16.9. The number of benzene rings is 3. The number of anilines is 3. The van der Waals surface area contributed by atoms with Gasteiger partial charge in [-0.25, -0.2) is 9.97 Å². The average molecular weight is 394 g/mol. The van der Waals surface area contributed by atoms with Crippen molar-refractivity contribution < 1.29 is 4.79 Å². The lowest BCUT2D eigenvalue weighted by Gasteiger charge is -2.10. The van der Waals surface area contributed by atoms with Gasteiger partial charge in [0.15, 0.2) is 5.82 Å². The first-order valence-electron chi connectivity index (χ1n) is 9.72. The summed E-state index contributed by atoms with van der Waals surface area (Å²) in [6.07, 6.45) is 1.72. The maximum atomic E-state index is 12.6. The molecule has 4 rings (SSSR count). The van der Waals surface area contributed by atoms with Crippen molar-refractivity contribution in [3.63, 3.8) is 0 Å². The van der Waals surface area contributed by atoms with Crippen LogP contribution in [0.15, 0.2) is 85.1 Å². The van der Waals surface area contributed by atoms with Gasteiger partial charge in [0, 0.05) is 28.7 Å². The highest BCUT2D eigenvalue weighted by molar-refractivity contribution is 6.04. The Labute approximate surface area is 175 Å². The first kappa shape index (κ1) is 19.3. The molecule has 0 spiro atoms. The molecule has 0 aliphatic heterocycles. The molecule has 5 nitrogen and oxygen atoms in total. The number of nitrogens with zero attached hydrogens (tertiary/aromatic N) is 2. The summed E-state index contributed by atoms with van der Waals surface area (Å²) in [7, 11) is 0. The number of nitrogens with one attached hydrogen (secondary N) is 2. The highest BCUT2D eigenvalue weighted by Gasteiger charge is 2.08. The molecular formula is C25H22N4O. The molecule has 1 heterocycles. The highest BCUT2D eigenvalue weighted by atomic mass is 16.1. The van der Waals surface area contributed by atoms with Crippen LogP contribution in [0.2, 0.25) is 0 Å². The van der Waals surface area contributed by atoms with E-state index in [-0.39, 0.29) is 5.91 Å². The van der Waals surface area contributed by atoms with E-state index in [9.17, 15) is 4.79 Å². The van der Waals surface area contributed by atoms with Gasteiger partial charge in [0.05, 0.1) is 0 Å². The van der Waals surface area contributed by atoms with E-state index < -0.39 is 0 Å². The molecular weight excluding hydrogens is 372 g/mol. The second kappa shape index (κ2) is 8.57. The van der Waals surface area contributed by atoms with E-state index in [4.69, 9.17) is 0 Å². The molecule has 0 aliphatic carbocycles. The van der Waals surface area contributed by atoms with Gasteiger partial charge in [-0.1, -0.05) is 42.0 Å². The van der Waals surface area contributed by atoms with Crippen molar-refractivity contribution in [2.75, 3.05) is 10.6 Å². The maximum absolute atomic E-state index is 12.6. The van der Waals surface area contributed by atoms with Gasteiger partial charge < -0.3 is 10.6 Å². The molecule has 148 valence electrons. The summed E-state index contributed by atoms with van der Waals surface area (Å²) in [5, 5.41) is 6.20. The van der Waals surface area contributed by atoms with Crippen LogP contribution in [0.5, 0.6) is 0 Å². The first-order valence-corrected chi connectivity index (χ1v) is 9.72. The van der Waals surface area contributed by atoms with Crippen LogP contribution >= 0.6 is 0 Å². The predicted molar refractivity (Wildman–Crippen MR) is 121 cm³/mol. The van der Waals surface area contributed by atoms with Gasteiger partial charge >= 0.3 is 0 Å². The Balaban J connectivity index is 1.52. The summed E-state index contributed by atoms with van der Waals surface area (Å²) >= 11 is 0. The summed E-state index contributed by atoms with van der Waals surface area (Å²) in [5.41, 5.74) is 5.33. The maximum Gasteiger partial charge on any atom is 0.255 e. The SMILES string of the molecule is Cc1cccc(NC(=O)c2cccc(Nc3ccnc(-c4cccc(C)c4)n3)c2)c1. The van der Waals surface area contributed by atoms with E-state index >= 15 is 0 Å². The number of carbonyl (C=O) groups excluding carboxylic acids is 1. The van der Waals surface area contributed by atoms with Gasteiger partial charge in [0.2, 0.25) is 0 Å². The molecule has 0 saturated heterocycles. The van der Waals surface area contributed by atoms with Gasteiger partial charge in [-0.15, -0.1) is 0 Å². The van der Waals surface area contributed by atoms with Crippen LogP contribution in [0.1, 0.15) is 21.5 Å². The van der Waals surface area contributed by atoms with Crippen LogP contribution in [0.3, 0.4) is 0 Å². The summed E-state index contributed by atoms with van der Waals surface area (Å²) in [4.78, 5) is 21.6. The van der Waals surface area contributed by atoms with Crippen LogP contribution in [0.25, 0.3) is 11.4 Å². The minimum atomic E-state index is -0.160. The molecule has 1 amide bonds. The van der Waals surface area contributed by atoms with E-state index in [1.165, 1.54) is 0 Å². The molecule has 0 radical (unpaired) electrons. The van der Waals surface area contributed by atoms with E-state index in [0.717, 1.165) is 28.1 Å².